The van der Waals surface area contributed by atoms with Crippen LogP contribution in [0, 0.1) is 5.92 Å². The smallest absolute Gasteiger partial charge is 0.229 e. The molecule has 0 aliphatic rings. The van der Waals surface area contributed by atoms with E-state index in [4.69, 9.17) is 0 Å². The molecular weight excluding hydrogens is 248 g/mol. The van der Waals surface area contributed by atoms with Crippen LogP contribution in [0.25, 0.3) is 0 Å². The molecule has 0 saturated carbocycles. The lowest BCUT2D eigenvalue weighted by atomic mass is 10.0. The molecular formula is C13H22N2O2S. The number of anilines is 2. The SMILES string of the molecule is CCC(C)C(C)Nc1ccccc1NS(C)(=O)=O. The van der Waals surface area contributed by atoms with Gasteiger partial charge < -0.3 is 5.32 Å². The molecule has 0 aliphatic carbocycles. The molecule has 102 valence electrons. The number of rotatable bonds is 6. The fourth-order valence-electron chi connectivity index (χ4n) is 1.64. The Morgan fingerprint density at radius 1 is 1.17 bits per heavy atom. The van der Waals surface area contributed by atoms with Gasteiger partial charge in [-0.2, -0.15) is 0 Å². The lowest BCUT2D eigenvalue weighted by Crippen LogP contribution is -2.24. The Kier molecular flexibility index (Phi) is 5.02. The van der Waals surface area contributed by atoms with Crippen molar-refractivity contribution >= 4 is 21.4 Å². The molecule has 0 fully saturated rings. The van der Waals surface area contributed by atoms with E-state index in [0.717, 1.165) is 18.4 Å². The van der Waals surface area contributed by atoms with E-state index in [1.807, 2.05) is 18.2 Å². The Labute approximate surface area is 110 Å². The molecule has 0 aliphatic heterocycles. The third kappa shape index (κ3) is 4.56. The molecule has 2 unspecified atom stereocenters. The maximum absolute atomic E-state index is 11.3. The van der Waals surface area contributed by atoms with Crippen LogP contribution in [0.5, 0.6) is 0 Å². The van der Waals surface area contributed by atoms with Crippen LogP contribution in [0.3, 0.4) is 0 Å². The molecule has 0 radical (unpaired) electrons. The summed E-state index contributed by atoms with van der Waals surface area (Å²) in [6, 6.07) is 7.63. The predicted octanol–water partition coefficient (Wildman–Crippen LogP) is 2.90. The van der Waals surface area contributed by atoms with Crippen LogP contribution in [-0.4, -0.2) is 20.7 Å². The van der Waals surface area contributed by atoms with Gasteiger partial charge in [0.05, 0.1) is 17.6 Å². The molecule has 2 N–H and O–H groups in total. The quantitative estimate of drug-likeness (QED) is 0.835. The van der Waals surface area contributed by atoms with E-state index in [1.54, 1.807) is 6.07 Å². The van der Waals surface area contributed by atoms with E-state index in [0.29, 0.717) is 11.6 Å². The topological polar surface area (TPSA) is 58.2 Å². The van der Waals surface area contributed by atoms with E-state index in [1.165, 1.54) is 0 Å². The normalized spacial score (nSPS) is 14.9. The Bertz CT molecular complexity index is 486. The average Bonchev–Trinajstić information content (AvgIpc) is 2.28. The molecule has 0 amide bonds. The zero-order valence-corrected chi connectivity index (χ0v) is 12.2. The first-order valence-corrected chi connectivity index (χ1v) is 8.06. The molecule has 1 rings (SSSR count). The van der Waals surface area contributed by atoms with Crippen LogP contribution >= 0.6 is 0 Å². The first-order valence-electron chi connectivity index (χ1n) is 6.17. The molecule has 0 heterocycles. The van der Waals surface area contributed by atoms with Crippen LogP contribution in [0.4, 0.5) is 11.4 Å². The summed E-state index contributed by atoms with van der Waals surface area (Å²) in [5.74, 6) is 0.524. The van der Waals surface area contributed by atoms with Gasteiger partial charge in [0.15, 0.2) is 0 Å². The summed E-state index contributed by atoms with van der Waals surface area (Å²) in [4.78, 5) is 0. The van der Waals surface area contributed by atoms with Gasteiger partial charge in [-0.25, -0.2) is 8.42 Å². The summed E-state index contributed by atoms with van der Waals surface area (Å²) in [5, 5.41) is 3.36. The van der Waals surface area contributed by atoms with Crippen molar-refractivity contribution in [2.24, 2.45) is 5.92 Å². The minimum atomic E-state index is -3.25. The zero-order chi connectivity index (χ0) is 13.8. The largest absolute Gasteiger partial charge is 0.381 e. The van der Waals surface area contributed by atoms with Crippen LogP contribution in [0.1, 0.15) is 27.2 Å². The van der Waals surface area contributed by atoms with Gasteiger partial charge in [-0.3, -0.25) is 4.72 Å². The van der Waals surface area contributed by atoms with Crippen molar-refractivity contribution in [1.82, 2.24) is 0 Å². The highest BCUT2D eigenvalue weighted by Gasteiger charge is 2.13. The van der Waals surface area contributed by atoms with Crippen molar-refractivity contribution in [3.8, 4) is 0 Å². The third-order valence-electron chi connectivity index (χ3n) is 3.10. The van der Waals surface area contributed by atoms with Crippen molar-refractivity contribution in [2.45, 2.75) is 33.2 Å². The van der Waals surface area contributed by atoms with Gasteiger partial charge in [-0.15, -0.1) is 0 Å². The first-order chi connectivity index (χ1) is 8.33. The van der Waals surface area contributed by atoms with E-state index in [-0.39, 0.29) is 6.04 Å². The van der Waals surface area contributed by atoms with Crippen molar-refractivity contribution in [2.75, 3.05) is 16.3 Å². The summed E-state index contributed by atoms with van der Waals surface area (Å²) < 4.78 is 25.1. The number of nitrogens with one attached hydrogen (secondary N) is 2. The maximum atomic E-state index is 11.3. The maximum Gasteiger partial charge on any atom is 0.229 e. The molecule has 0 bridgehead atoms. The Morgan fingerprint density at radius 3 is 2.22 bits per heavy atom. The lowest BCUT2D eigenvalue weighted by molar-refractivity contribution is 0.495. The Balaban J connectivity index is 2.89. The van der Waals surface area contributed by atoms with Crippen LogP contribution in [0.15, 0.2) is 24.3 Å². The molecule has 2 atom stereocenters. The summed E-state index contributed by atoms with van der Waals surface area (Å²) in [5.41, 5.74) is 1.41. The summed E-state index contributed by atoms with van der Waals surface area (Å²) in [6.07, 6.45) is 2.23. The van der Waals surface area contributed by atoms with Crippen molar-refractivity contribution in [3.05, 3.63) is 24.3 Å². The van der Waals surface area contributed by atoms with E-state index >= 15 is 0 Å². The highest BCUT2D eigenvalue weighted by molar-refractivity contribution is 7.92. The number of para-hydroxylation sites is 2. The van der Waals surface area contributed by atoms with Crippen molar-refractivity contribution in [3.63, 3.8) is 0 Å². The van der Waals surface area contributed by atoms with Gasteiger partial charge in [0.1, 0.15) is 0 Å². The average molecular weight is 270 g/mol. The molecule has 1 aromatic carbocycles. The molecule has 5 heteroatoms. The highest BCUT2D eigenvalue weighted by Crippen LogP contribution is 2.24. The minimum Gasteiger partial charge on any atom is -0.381 e. The van der Waals surface area contributed by atoms with E-state index in [2.05, 4.69) is 30.8 Å². The summed E-state index contributed by atoms with van der Waals surface area (Å²) in [6.45, 7) is 6.42. The van der Waals surface area contributed by atoms with Gasteiger partial charge in [0, 0.05) is 6.04 Å². The molecule has 0 saturated heterocycles. The molecule has 0 spiro atoms. The van der Waals surface area contributed by atoms with E-state index in [9.17, 15) is 8.42 Å². The van der Waals surface area contributed by atoms with Gasteiger partial charge in [-0.1, -0.05) is 32.4 Å². The number of benzene rings is 1. The lowest BCUT2D eigenvalue weighted by Gasteiger charge is -2.22. The second kappa shape index (κ2) is 6.09. The fraction of sp³-hybridized carbons (Fsp3) is 0.538. The molecule has 18 heavy (non-hydrogen) atoms. The highest BCUT2D eigenvalue weighted by atomic mass is 32.2. The van der Waals surface area contributed by atoms with Crippen molar-refractivity contribution in [1.29, 1.82) is 0 Å². The minimum absolute atomic E-state index is 0.289. The molecule has 4 nitrogen and oxygen atoms in total. The van der Waals surface area contributed by atoms with Crippen LogP contribution < -0.4 is 10.0 Å². The number of hydrogen-bond donors (Lipinski definition) is 2. The number of sulfonamides is 1. The van der Waals surface area contributed by atoms with Crippen LogP contribution in [0.2, 0.25) is 0 Å². The second-order valence-electron chi connectivity index (χ2n) is 4.74. The van der Waals surface area contributed by atoms with Gasteiger partial charge in [0.25, 0.3) is 0 Å². The Morgan fingerprint density at radius 2 is 1.72 bits per heavy atom. The first kappa shape index (κ1) is 14.8. The molecule has 0 aromatic heterocycles. The second-order valence-corrected chi connectivity index (χ2v) is 6.49. The zero-order valence-electron chi connectivity index (χ0n) is 11.4. The monoisotopic (exact) mass is 270 g/mol. The van der Waals surface area contributed by atoms with E-state index < -0.39 is 10.0 Å². The van der Waals surface area contributed by atoms with Gasteiger partial charge >= 0.3 is 0 Å². The summed E-state index contributed by atoms with van der Waals surface area (Å²) in [7, 11) is -3.25. The van der Waals surface area contributed by atoms with Gasteiger partial charge in [-0.05, 0) is 25.0 Å². The predicted molar refractivity (Wildman–Crippen MR) is 77.4 cm³/mol. The summed E-state index contributed by atoms with van der Waals surface area (Å²) >= 11 is 0. The number of hydrogen-bond acceptors (Lipinski definition) is 3. The fourth-order valence-corrected chi connectivity index (χ4v) is 2.22. The van der Waals surface area contributed by atoms with Crippen molar-refractivity contribution < 1.29 is 8.42 Å². The standard InChI is InChI=1S/C13H22N2O2S/c1-5-10(2)11(3)14-12-8-6-7-9-13(12)15-18(4,16)17/h6-11,14-15H,5H2,1-4H3. The van der Waals surface area contributed by atoms with Gasteiger partial charge in [0.2, 0.25) is 10.0 Å². The Hall–Kier alpha value is -1.23. The van der Waals surface area contributed by atoms with Crippen LogP contribution in [-0.2, 0) is 10.0 Å². The third-order valence-corrected chi connectivity index (χ3v) is 3.69. The molecule has 1 aromatic rings.